The monoisotopic (exact) mass is 280 g/mol. The van der Waals surface area contributed by atoms with E-state index in [1.165, 1.54) is 35.0 Å². The maximum absolute atomic E-state index is 11.2. The molecule has 102 valence electrons. The van der Waals surface area contributed by atoms with E-state index in [-0.39, 0.29) is 10.7 Å². The molecule has 0 amide bonds. The van der Waals surface area contributed by atoms with Gasteiger partial charge < -0.3 is 15.4 Å². The Hall–Kier alpha value is -1.63. The highest BCUT2D eigenvalue weighted by molar-refractivity contribution is 7.15. The van der Waals surface area contributed by atoms with Crippen LogP contribution in [0.3, 0.4) is 0 Å². The smallest absolute Gasteiger partial charge is 0.362 e. The molecule has 1 fully saturated rings. The van der Waals surface area contributed by atoms with Gasteiger partial charge in [0.05, 0.1) is 0 Å². The number of nitrogens with zero attached hydrogens (tertiary/aromatic N) is 3. The third-order valence-corrected chi connectivity index (χ3v) is 4.53. The van der Waals surface area contributed by atoms with Gasteiger partial charge in [0, 0.05) is 11.9 Å². The minimum Gasteiger partial charge on any atom is -0.362 e. The average molecular weight is 280 g/mol. The van der Waals surface area contributed by atoms with Gasteiger partial charge >= 0.3 is 5.82 Å². The summed E-state index contributed by atoms with van der Waals surface area (Å²) in [5.74, 6) is 0.447. The molecule has 1 N–H and O–H groups in total. The zero-order valence-corrected chi connectivity index (χ0v) is 11.6. The van der Waals surface area contributed by atoms with Crippen molar-refractivity contribution in [3.05, 3.63) is 21.7 Å². The predicted molar refractivity (Wildman–Crippen MR) is 74.8 cm³/mol. The SMILES string of the molecule is CCCC1(CNc2nc3sccn3c2[N+](=O)[O-])CC1. The first-order chi connectivity index (χ1) is 9.15. The average Bonchev–Trinajstić information content (AvgIpc) is 2.83. The Morgan fingerprint density at radius 1 is 1.63 bits per heavy atom. The van der Waals surface area contributed by atoms with Crippen LogP contribution in [0, 0.1) is 15.5 Å². The lowest BCUT2D eigenvalue weighted by Gasteiger charge is -2.14. The lowest BCUT2D eigenvalue weighted by molar-refractivity contribution is -0.389. The number of thiazole rings is 1. The number of anilines is 1. The molecular formula is C12H16N4O2S. The van der Waals surface area contributed by atoms with Crippen LogP contribution in [-0.4, -0.2) is 20.9 Å². The second-order valence-corrected chi connectivity index (χ2v) is 6.07. The van der Waals surface area contributed by atoms with Gasteiger partial charge in [0.25, 0.3) is 4.96 Å². The molecule has 2 aromatic rings. The summed E-state index contributed by atoms with van der Waals surface area (Å²) in [5, 5.41) is 16.2. The van der Waals surface area contributed by atoms with E-state index in [2.05, 4.69) is 17.2 Å². The molecule has 0 aliphatic heterocycles. The summed E-state index contributed by atoms with van der Waals surface area (Å²) < 4.78 is 1.53. The largest absolute Gasteiger partial charge is 0.372 e. The minimum absolute atomic E-state index is 0.0450. The van der Waals surface area contributed by atoms with Crippen molar-refractivity contribution in [1.29, 1.82) is 0 Å². The predicted octanol–water partition coefficient (Wildman–Crippen LogP) is 3.30. The van der Waals surface area contributed by atoms with Crippen molar-refractivity contribution in [2.45, 2.75) is 32.6 Å². The van der Waals surface area contributed by atoms with Crippen molar-refractivity contribution in [2.24, 2.45) is 5.41 Å². The summed E-state index contributed by atoms with van der Waals surface area (Å²) in [6.45, 7) is 2.96. The molecule has 0 aromatic carbocycles. The van der Waals surface area contributed by atoms with E-state index >= 15 is 0 Å². The Balaban J connectivity index is 1.82. The van der Waals surface area contributed by atoms with Crippen molar-refractivity contribution in [2.75, 3.05) is 11.9 Å². The molecule has 0 spiro atoms. The van der Waals surface area contributed by atoms with Gasteiger partial charge in [-0.1, -0.05) is 24.7 Å². The minimum atomic E-state index is -0.367. The summed E-state index contributed by atoms with van der Waals surface area (Å²) in [4.78, 5) is 15.8. The van der Waals surface area contributed by atoms with E-state index < -0.39 is 0 Å². The summed E-state index contributed by atoms with van der Waals surface area (Å²) in [7, 11) is 0. The second-order valence-electron chi connectivity index (χ2n) is 5.20. The highest BCUT2D eigenvalue weighted by Crippen LogP contribution is 2.49. The Kier molecular flexibility index (Phi) is 2.93. The van der Waals surface area contributed by atoms with Gasteiger partial charge in [-0.15, -0.1) is 0 Å². The fraction of sp³-hybridized carbons (Fsp3) is 0.583. The Morgan fingerprint density at radius 3 is 3.05 bits per heavy atom. The molecule has 2 heterocycles. The summed E-state index contributed by atoms with van der Waals surface area (Å²) in [6.07, 6.45) is 6.45. The third kappa shape index (κ3) is 2.18. The van der Waals surface area contributed by atoms with Crippen LogP contribution in [0.2, 0.25) is 0 Å². The Morgan fingerprint density at radius 2 is 2.42 bits per heavy atom. The summed E-state index contributed by atoms with van der Waals surface area (Å²) in [6, 6.07) is 0. The number of rotatable bonds is 6. The first kappa shape index (κ1) is 12.4. The van der Waals surface area contributed by atoms with Gasteiger partial charge in [-0.2, -0.15) is 9.38 Å². The fourth-order valence-corrected chi connectivity index (χ4v) is 3.27. The van der Waals surface area contributed by atoms with Crippen molar-refractivity contribution >= 4 is 27.9 Å². The topological polar surface area (TPSA) is 72.5 Å². The number of imidazole rings is 1. The molecule has 1 aliphatic carbocycles. The number of hydrogen-bond acceptors (Lipinski definition) is 5. The van der Waals surface area contributed by atoms with E-state index in [0.29, 0.717) is 16.2 Å². The number of nitro groups is 1. The quantitative estimate of drug-likeness (QED) is 0.651. The van der Waals surface area contributed by atoms with E-state index in [1.54, 1.807) is 11.6 Å². The molecule has 0 atom stereocenters. The van der Waals surface area contributed by atoms with Gasteiger partial charge in [-0.3, -0.25) is 0 Å². The molecule has 1 saturated carbocycles. The number of hydrogen-bond donors (Lipinski definition) is 1. The molecule has 0 bridgehead atoms. The van der Waals surface area contributed by atoms with E-state index in [4.69, 9.17) is 0 Å². The van der Waals surface area contributed by atoms with Gasteiger partial charge in [-0.25, -0.2) is 0 Å². The zero-order chi connectivity index (χ0) is 13.5. The molecule has 6 nitrogen and oxygen atoms in total. The molecule has 0 saturated heterocycles. The molecule has 0 radical (unpaired) electrons. The molecule has 2 aromatic heterocycles. The molecule has 3 rings (SSSR count). The van der Waals surface area contributed by atoms with Crippen LogP contribution < -0.4 is 5.32 Å². The molecule has 0 unspecified atom stereocenters. The summed E-state index contributed by atoms with van der Waals surface area (Å²) >= 11 is 1.41. The lowest BCUT2D eigenvalue weighted by atomic mass is 10.0. The Bertz CT molecular complexity index is 614. The molecule has 19 heavy (non-hydrogen) atoms. The van der Waals surface area contributed by atoms with E-state index in [0.717, 1.165) is 13.0 Å². The second kappa shape index (κ2) is 4.48. The third-order valence-electron chi connectivity index (χ3n) is 3.78. The Labute approximate surface area is 114 Å². The maximum atomic E-state index is 11.2. The number of nitrogens with one attached hydrogen (secondary N) is 1. The van der Waals surface area contributed by atoms with Crippen molar-refractivity contribution in [1.82, 2.24) is 9.38 Å². The van der Waals surface area contributed by atoms with Gasteiger partial charge in [0.15, 0.2) is 0 Å². The highest BCUT2D eigenvalue weighted by Gasteiger charge is 2.41. The van der Waals surface area contributed by atoms with Crippen molar-refractivity contribution < 1.29 is 4.92 Å². The van der Waals surface area contributed by atoms with E-state index in [1.807, 2.05) is 0 Å². The maximum Gasteiger partial charge on any atom is 0.372 e. The number of aromatic nitrogens is 2. The van der Waals surface area contributed by atoms with Crippen LogP contribution in [-0.2, 0) is 0 Å². The zero-order valence-electron chi connectivity index (χ0n) is 10.8. The van der Waals surface area contributed by atoms with Gasteiger partial charge in [0.2, 0.25) is 5.82 Å². The highest BCUT2D eigenvalue weighted by atomic mass is 32.1. The fourth-order valence-electron chi connectivity index (χ4n) is 2.56. The molecule has 1 aliphatic rings. The molecular weight excluding hydrogens is 264 g/mol. The van der Waals surface area contributed by atoms with Crippen LogP contribution in [0.25, 0.3) is 4.96 Å². The van der Waals surface area contributed by atoms with Crippen molar-refractivity contribution in [3.63, 3.8) is 0 Å². The van der Waals surface area contributed by atoms with E-state index in [9.17, 15) is 10.1 Å². The lowest BCUT2D eigenvalue weighted by Crippen LogP contribution is -2.16. The van der Waals surface area contributed by atoms with Crippen LogP contribution in [0.1, 0.15) is 32.6 Å². The number of fused-ring (bicyclic) bond motifs is 1. The van der Waals surface area contributed by atoms with Crippen LogP contribution in [0.15, 0.2) is 11.6 Å². The molecule has 7 heteroatoms. The van der Waals surface area contributed by atoms with Crippen LogP contribution >= 0.6 is 11.3 Å². The summed E-state index contributed by atoms with van der Waals surface area (Å²) in [5.41, 5.74) is 0.347. The standard InChI is InChI=1S/C12H16N4O2S/c1-2-3-12(4-5-12)8-13-9-10(16(17)18)15-6-7-19-11(15)14-9/h6-7,13H,2-5,8H2,1H3. The van der Waals surface area contributed by atoms with Gasteiger partial charge in [-0.05, 0) is 29.6 Å². The van der Waals surface area contributed by atoms with Crippen LogP contribution in [0.5, 0.6) is 0 Å². The van der Waals surface area contributed by atoms with Crippen LogP contribution in [0.4, 0.5) is 11.6 Å². The van der Waals surface area contributed by atoms with Gasteiger partial charge in [0.1, 0.15) is 6.20 Å². The first-order valence-electron chi connectivity index (χ1n) is 6.49. The normalized spacial score (nSPS) is 16.7. The van der Waals surface area contributed by atoms with Crippen molar-refractivity contribution in [3.8, 4) is 0 Å². The first-order valence-corrected chi connectivity index (χ1v) is 7.37.